The summed E-state index contributed by atoms with van der Waals surface area (Å²) in [6.45, 7) is 11.9. The summed E-state index contributed by atoms with van der Waals surface area (Å²) in [6, 6.07) is 0. The average molecular weight is 302 g/mol. The average Bonchev–Trinajstić information content (AvgIpc) is 2.45. The molecule has 0 aromatic carbocycles. The number of quaternary nitrogens is 1. The second-order valence-electron chi connectivity index (χ2n) is 8.93. The predicted octanol–water partition coefficient (Wildman–Crippen LogP) is 4.33. The van der Waals surface area contributed by atoms with Gasteiger partial charge in [0.05, 0.1) is 5.54 Å². The molecule has 2 N–H and O–H groups in total. The summed E-state index contributed by atoms with van der Waals surface area (Å²) in [5.74, 6) is 5.05. The van der Waals surface area contributed by atoms with E-state index in [4.69, 9.17) is 0 Å². The third-order valence-electron chi connectivity index (χ3n) is 7.31. The fraction of sp³-hybridized carbons (Fsp3) is 0.762. The van der Waals surface area contributed by atoms with Crippen LogP contribution in [0.3, 0.4) is 0 Å². The van der Waals surface area contributed by atoms with Crippen molar-refractivity contribution in [2.75, 3.05) is 0 Å². The SMILES string of the molecule is [CH2-][NH2+][C@]1(C)CC[C@@H]2[C@@H]3[C@H](C(C)=CC[C@H]31)[C@@H](C=C(C)C)C[C@H]2C. The molecule has 0 bridgehead atoms. The van der Waals surface area contributed by atoms with E-state index in [9.17, 15) is 0 Å². The van der Waals surface area contributed by atoms with Gasteiger partial charge in [0.1, 0.15) is 0 Å². The Hall–Kier alpha value is -0.560. The van der Waals surface area contributed by atoms with Crippen LogP contribution < -0.4 is 5.32 Å². The van der Waals surface area contributed by atoms with Crippen LogP contribution in [0.25, 0.3) is 0 Å². The maximum Gasteiger partial charge on any atom is 0.0729 e. The Kier molecular flexibility index (Phi) is 4.31. The Morgan fingerprint density at radius 2 is 2.14 bits per heavy atom. The van der Waals surface area contributed by atoms with E-state index < -0.39 is 0 Å². The molecule has 2 fully saturated rings. The van der Waals surface area contributed by atoms with E-state index in [1.807, 2.05) is 0 Å². The quantitative estimate of drug-likeness (QED) is 0.577. The second-order valence-corrected chi connectivity index (χ2v) is 8.93. The number of rotatable bonds is 2. The molecular formula is C21H35N. The van der Waals surface area contributed by atoms with E-state index >= 15 is 0 Å². The largest absolute Gasteiger partial charge is 0.474 e. The molecule has 124 valence electrons. The first-order valence-electron chi connectivity index (χ1n) is 9.32. The lowest BCUT2D eigenvalue weighted by molar-refractivity contribution is -0.687. The zero-order chi connectivity index (χ0) is 16.1. The van der Waals surface area contributed by atoms with Crippen LogP contribution in [0.1, 0.15) is 60.3 Å². The molecular weight excluding hydrogens is 266 g/mol. The summed E-state index contributed by atoms with van der Waals surface area (Å²) in [6.07, 6.45) is 10.6. The molecule has 0 heterocycles. The summed E-state index contributed by atoms with van der Waals surface area (Å²) in [4.78, 5) is 0. The van der Waals surface area contributed by atoms with Gasteiger partial charge in [0, 0.05) is 12.3 Å². The Balaban J connectivity index is 2.02. The minimum atomic E-state index is 0.350. The smallest absolute Gasteiger partial charge is 0.0729 e. The Labute approximate surface area is 137 Å². The van der Waals surface area contributed by atoms with Gasteiger partial charge in [-0.05, 0) is 76.5 Å². The van der Waals surface area contributed by atoms with Crippen LogP contribution in [0.15, 0.2) is 23.3 Å². The van der Waals surface area contributed by atoms with Crippen molar-refractivity contribution in [2.24, 2.45) is 35.5 Å². The molecule has 3 aliphatic carbocycles. The highest BCUT2D eigenvalue weighted by Gasteiger charge is 2.55. The number of hydrogen-bond acceptors (Lipinski definition) is 0. The van der Waals surface area contributed by atoms with Crippen molar-refractivity contribution in [1.82, 2.24) is 0 Å². The molecule has 22 heavy (non-hydrogen) atoms. The molecule has 0 aromatic rings. The van der Waals surface area contributed by atoms with Crippen LogP contribution in [0.2, 0.25) is 0 Å². The fourth-order valence-electron chi connectivity index (χ4n) is 6.18. The zero-order valence-corrected chi connectivity index (χ0v) is 15.2. The molecule has 0 aromatic heterocycles. The lowest BCUT2D eigenvalue weighted by Gasteiger charge is -2.59. The number of allylic oxidation sites excluding steroid dienone is 4. The van der Waals surface area contributed by atoms with Gasteiger partial charge < -0.3 is 5.32 Å². The highest BCUT2D eigenvalue weighted by molar-refractivity contribution is 5.22. The first-order chi connectivity index (χ1) is 10.4. The zero-order valence-electron chi connectivity index (χ0n) is 15.2. The molecule has 1 heteroatoms. The lowest BCUT2D eigenvalue weighted by Crippen LogP contribution is -2.94. The van der Waals surface area contributed by atoms with Gasteiger partial charge in [0.2, 0.25) is 0 Å². The first kappa shape index (κ1) is 16.3. The van der Waals surface area contributed by atoms with Gasteiger partial charge >= 0.3 is 0 Å². The van der Waals surface area contributed by atoms with Crippen LogP contribution in [0.4, 0.5) is 0 Å². The number of nitrogens with two attached hydrogens (primary N) is 1. The van der Waals surface area contributed by atoms with E-state index in [1.165, 1.54) is 31.3 Å². The van der Waals surface area contributed by atoms with Crippen molar-refractivity contribution in [3.8, 4) is 0 Å². The molecule has 3 rings (SSSR count). The van der Waals surface area contributed by atoms with E-state index in [2.05, 4.69) is 59.1 Å². The van der Waals surface area contributed by atoms with E-state index in [0.717, 1.165) is 35.5 Å². The summed E-state index contributed by atoms with van der Waals surface area (Å²) in [5.41, 5.74) is 3.52. The molecule has 2 saturated carbocycles. The van der Waals surface area contributed by atoms with Crippen LogP contribution in [-0.2, 0) is 0 Å². The molecule has 7 atom stereocenters. The normalized spacial score (nSPS) is 47.5. The standard InChI is InChI=1S/C21H35N/c1-13(2)11-16-12-15(4)17-9-10-21(5,22-6)18-8-7-14(3)19(16)20(17)18/h7,11,15-20H,6,8-10,12,22H2,1-5H3/t15-,16+,17+,18-,19-,20+,21-/m1/s1. The summed E-state index contributed by atoms with van der Waals surface area (Å²) < 4.78 is 0. The minimum Gasteiger partial charge on any atom is -0.474 e. The summed E-state index contributed by atoms with van der Waals surface area (Å²) in [5, 5.41) is 2.29. The Morgan fingerprint density at radius 3 is 2.77 bits per heavy atom. The van der Waals surface area contributed by atoms with Crippen molar-refractivity contribution < 1.29 is 5.32 Å². The minimum absolute atomic E-state index is 0.350. The summed E-state index contributed by atoms with van der Waals surface area (Å²) in [7, 11) is 4.21. The van der Waals surface area contributed by atoms with Gasteiger partial charge in [0.15, 0.2) is 0 Å². The maximum atomic E-state index is 4.21. The first-order valence-corrected chi connectivity index (χ1v) is 9.32. The monoisotopic (exact) mass is 301 g/mol. The van der Waals surface area contributed by atoms with Crippen LogP contribution in [0.5, 0.6) is 0 Å². The molecule has 0 unspecified atom stereocenters. The third kappa shape index (κ3) is 2.50. The van der Waals surface area contributed by atoms with Crippen molar-refractivity contribution in [3.05, 3.63) is 30.3 Å². The van der Waals surface area contributed by atoms with Crippen LogP contribution in [-0.4, -0.2) is 5.54 Å². The predicted molar refractivity (Wildman–Crippen MR) is 94.0 cm³/mol. The van der Waals surface area contributed by atoms with Crippen molar-refractivity contribution in [1.29, 1.82) is 0 Å². The van der Waals surface area contributed by atoms with Crippen molar-refractivity contribution >= 4 is 0 Å². The van der Waals surface area contributed by atoms with Crippen LogP contribution >= 0.6 is 0 Å². The highest BCUT2D eigenvalue weighted by Crippen LogP contribution is 2.58. The van der Waals surface area contributed by atoms with Gasteiger partial charge in [-0.2, -0.15) is 7.05 Å². The molecule has 0 radical (unpaired) electrons. The van der Waals surface area contributed by atoms with Gasteiger partial charge in [-0.1, -0.05) is 30.2 Å². The van der Waals surface area contributed by atoms with Gasteiger partial charge in [-0.25, -0.2) is 0 Å². The highest BCUT2D eigenvalue weighted by atomic mass is 15.0. The van der Waals surface area contributed by atoms with Crippen molar-refractivity contribution in [2.45, 2.75) is 65.8 Å². The van der Waals surface area contributed by atoms with Gasteiger partial charge in [0.25, 0.3) is 0 Å². The van der Waals surface area contributed by atoms with Crippen molar-refractivity contribution in [3.63, 3.8) is 0 Å². The Bertz CT molecular complexity index is 484. The number of hydrogen-bond donors (Lipinski definition) is 1. The molecule has 0 amide bonds. The van der Waals surface area contributed by atoms with Gasteiger partial charge in [-0.3, -0.25) is 0 Å². The molecule has 0 spiro atoms. The molecule has 3 aliphatic rings. The maximum absolute atomic E-state index is 4.21. The molecule has 1 nitrogen and oxygen atoms in total. The van der Waals surface area contributed by atoms with Gasteiger partial charge in [-0.15, -0.1) is 0 Å². The second kappa shape index (κ2) is 5.82. The fourth-order valence-corrected chi connectivity index (χ4v) is 6.18. The molecule has 0 saturated heterocycles. The summed E-state index contributed by atoms with van der Waals surface area (Å²) >= 11 is 0. The molecule has 0 aliphatic heterocycles. The topological polar surface area (TPSA) is 16.6 Å². The van der Waals surface area contributed by atoms with E-state index in [0.29, 0.717) is 5.54 Å². The van der Waals surface area contributed by atoms with E-state index in [-0.39, 0.29) is 0 Å². The lowest BCUT2D eigenvalue weighted by atomic mass is 9.47. The van der Waals surface area contributed by atoms with E-state index in [1.54, 1.807) is 5.57 Å². The third-order valence-corrected chi connectivity index (χ3v) is 7.31. The van der Waals surface area contributed by atoms with Crippen LogP contribution in [0, 0.1) is 42.6 Å². The Morgan fingerprint density at radius 1 is 1.41 bits per heavy atom.